The third kappa shape index (κ3) is 5.84. The van der Waals surface area contributed by atoms with Crippen LogP contribution in [0.15, 0.2) is 78.9 Å². The SMILES string of the molecule is COC(=O)c1ccc(NC(=S)NC(=O)c2cc(-c3cccc(OC(C)C)c3)nc3ccccc23)cc1. The highest BCUT2D eigenvalue weighted by Gasteiger charge is 2.16. The Labute approximate surface area is 214 Å². The van der Waals surface area contributed by atoms with E-state index in [0.29, 0.717) is 33.4 Å². The molecule has 0 spiro atoms. The average Bonchev–Trinajstić information content (AvgIpc) is 2.87. The van der Waals surface area contributed by atoms with Gasteiger partial charge in [0.15, 0.2) is 5.11 Å². The molecule has 7 nitrogen and oxygen atoms in total. The van der Waals surface area contributed by atoms with Gasteiger partial charge in [-0.2, -0.15) is 0 Å². The molecule has 0 atom stereocenters. The second-order valence-electron chi connectivity index (χ2n) is 8.24. The smallest absolute Gasteiger partial charge is 0.337 e. The van der Waals surface area contributed by atoms with E-state index in [1.165, 1.54) is 7.11 Å². The maximum Gasteiger partial charge on any atom is 0.337 e. The van der Waals surface area contributed by atoms with Crippen LogP contribution < -0.4 is 15.4 Å². The number of rotatable bonds is 6. The first-order chi connectivity index (χ1) is 17.3. The van der Waals surface area contributed by atoms with Crippen LogP contribution in [0.4, 0.5) is 5.69 Å². The van der Waals surface area contributed by atoms with Crippen LogP contribution in [-0.2, 0) is 4.74 Å². The summed E-state index contributed by atoms with van der Waals surface area (Å²) in [4.78, 5) is 29.7. The highest BCUT2D eigenvalue weighted by atomic mass is 32.1. The van der Waals surface area contributed by atoms with Crippen molar-refractivity contribution in [1.29, 1.82) is 0 Å². The summed E-state index contributed by atoms with van der Waals surface area (Å²) in [6, 6.07) is 23.4. The van der Waals surface area contributed by atoms with E-state index in [1.54, 1.807) is 30.3 Å². The van der Waals surface area contributed by atoms with E-state index in [9.17, 15) is 9.59 Å². The number of thiocarbonyl (C=S) groups is 1. The first kappa shape index (κ1) is 24.8. The van der Waals surface area contributed by atoms with Gasteiger partial charge in [0.1, 0.15) is 5.75 Å². The number of aromatic nitrogens is 1. The molecular formula is C28H25N3O4S. The minimum atomic E-state index is -0.431. The lowest BCUT2D eigenvalue weighted by Gasteiger charge is -2.14. The van der Waals surface area contributed by atoms with Gasteiger partial charge in [0.05, 0.1) is 35.6 Å². The molecule has 2 N–H and O–H groups in total. The van der Waals surface area contributed by atoms with Crippen molar-refractivity contribution in [1.82, 2.24) is 10.3 Å². The molecule has 4 rings (SSSR count). The number of benzene rings is 3. The highest BCUT2D eigenvalue weighted by Crippen LogP contribution is 2.27. The normalized spacial score (nSPS) is 10.7. The Morgan fingerprint density at radius 3 is 2.42 bits per heavy atom. The molecule has 3 aromatic carbocycles. The predicted octanol–water partition coefficient (Wildman–Crippen LogP) is 5.60. The third-order valence-corrected chi connectivity index (χ3v) is 5.46. The molecule has 0 aliphatic carbocycles. The van der Waals surface area contributed by atoms with Crippen LogP contribution in [0.1, 0.15) is 34.6 Å². The van der Waals surface area contributed by atoms with Crippen molar-refractivity contribution in [3.63, 3.8) is 0 Å². The van der Waals surface area contributed by atoms with Gasteiger partial charge in [-0.1, -0.05) is 30.3 Å². The molecule has 182 valence electrons. The van der Waals surface area contributed by atoms with E-state index in [-0.39, 0.29) is 17.1 Å². The zero-order valence-electron chi connectivity index (χ0n) is 20.1. The summed E-state index contributed by atoms with van der Waals surface area (Å²) in [6.07, 6.45) is 0.0383. The maximum atomic E-state index is 13.3. The molecule has 0 fully saturated rings. The van der Waals surface area contributed by atoms with Crippen LogP contribution in [0.3, 0.4) is 0 Å². The molecule has 8 heteroatoms. The Balaban J connectivity index is 1.59. The fourth-order valence-corrected chi connectivity index (χ4v) is 3.86. The van der Waals surface area contributed by atoms with E-state index in [2.05, 4.69) is 10.6 Å². The van der Waals surface area contributed by atoms with E-state index in [1.807, 2.05) is 62.4 Å². The number of para-hydroxylation sites is 1. The quantitative estimate of drug-likeness (QED) is 0.264. The van der Waals surface area contributed by atoms with Crippen LogP contribution in [-0.4, -0.2) is 35.2 Å². The number of methoxy groups -OCH3 is 1. The Kier molecular flexibility index (Phi) is 7.56. The molecule has 1 heterocycles. The molecule has 0 saturated heterocycles. The topological polar surface area (TPSA) is 89.6 Å². The summed E-state index contributed by atoms with van der Waals surface area (Å²) >= 11 is 5.36. The Morgan fingerprint density at radius 1 is 0.944 bits per heavy atom. The third-order valence-electron chi connectivity index (χ3n) is 5.25. The van der Waals surface area contributed by atoms with E-state index >= 15 is 0 Å². The van der Waals surface area contributed by atoms with E-state index < -0.39 is 5.97 Å². The lowest BCUT2D eigenvalue weighted by atomic mass is 10.0. The van der Waals surface area contributed by atoms with Crippen molar-refractivity contribution in [3.8, 4) is 17.0 Å². The number of anilines is 1. The van der Waals surface area contributed by atoms with Crippen molar-refractivity contribution in [3.05, 3.63) is 90.0 Å². The molecule has 36 heavy (non-hydrogen) atoms. The van der Waals surface area contributed by atoms with Crippen molar-refractivity contribution in [2.45, 2.75) is 20.0 Å². The highest BCUT2D eigenvalue weighted by molar-refractivity contribution is 7.80. The molecule has 0 saturated carbocycles. The summed E-state index contributed by atoms with van der Waals surface area (Å²) in [5.41, 5.74) is 3.64. The van der Waals surface area contributed by atoms with Gasteiger partial charge < -0.3 is 14.8 Å². The van der Waals surface area contributed by atoms with Gasteiger partial charge in [-0.05, 0) is 74.6 Å². The fourth-order valence-electron chi connectivity index (χ4n) is 3.65. The molecule has 1 amide bonds. The van der Waals surface area contributed by atoms with Gasteiger partial charge in [0.25, 0.3) is 5.91 Å². The number of ether oxygens (including phenoxy) is 2. The van der Waals surface area contributed by atoms with Crippen LogP contribution in [0, 0.1) is 0 Å². The van der Waals surface area contributed by atoms with Crippen molar-refractivity contribution in [2.75, 3.05) is 12.4 Å². The number of carbonyl (C=O) groups is 2. The zero-order valence-corrected chi connectivity index (χ0v) is 20.9. The number of fused-ring (bicyclic) bond motifs is 1. The fraction of sp³-hybridized carbons (Fsp3) is 0.143. The summed E-state index contributed by atoms with van der Waals surface area (Å²) in [5, 5.41) is 6.53. The Morgan fingerprint density at radius 2 is 1.69 bits per heavy atom. The monoisotopic (exact) mass is 499 g/mol. The van der Waals surface area contributed by atoms with Gasteiger partial charge in [-0.15, -0.1) is 0 Å². The molecule has 0 aliphatic rings. The summed E-state index contributed by atoms with van der Waals surface area (Å²) in [6.45, 7) is 3.93. The molecule has 0 aliphatic heterocycles. The van der Waals surface area contributed by atoms with Crippen LogP contribution >= 0.6 is 12.2 Å². The molecule has 0 unspecified atom stereocenters. The van der Waals surface area contributed by atoms with Gasteiger partial charge in [0.2, 0.25) is 0 Å². The Hall–Kier alpha value is -4.30. The maximum absolute atomic E-state index is 13.3. The largest absolute Gasteiger partial charge is 0.491 e. The first-order valence-corrected chi connectivity index (χ1v) is 11.7. The molecule has 0 radical (unpaired) electrons. The van der Waals surface area contributed by atoms with Crippen molar-refractivity contribution in [2.24, 2.45) is 0 Å². The number of nitrogens with zero attached hydrogens (tertiary/aromatic N) is 1. The molecule has 0 bridgehead atoms. The number of nitrogens with one attached hydrogen (secondary N) is 2. The standard InChI is InChI=1S/C28H25N3O4S/c1-17(2)35-21-8-6-7-19(15-21)25-16-23(22-9-4-5-10-24(22)30-25)26(32)31-28(36)29-20-13-11-18(12-14-20)27(33)34-3/h4-17H,1-3H3,(H2,29,31,32,36). The Bertz CT molecular complexity index is 1430. The van der Waals surface area contributed by atoms with Gasteiger partial charge >= 0.3 is 5.97 Å². The second-order valence-corrected chi connectivity index (χ2v) is 8.65. The zero-order chi connectivity index (χ0) is 25.7. The predicted molar refractivity (Wildman–Crippen MR) is 144 cm³/mol. The van der Waals surface area contributed by atoms with Crippen LogP contribution in [0.2, 0.25) is 0 Å². The molecule has 4 aromatic rings. The lowest BCUT2D eigenvalue weighted by Crippen LogP contribution is -2.34. The van der Waals surface area contributed by atoms with Gasteiger partial charge in [0, 0.05) is 16.6 Å². The van der Waals surface area contributed by atoms with Gasteiger partial charge in [-0.3, -0.25) is 10.1 Å². The lowest BCUT2D eigenvalue weighted by molar-refractivity contribution is 0.0600. The van der Waals surface area contributed by atoms with Crippen molar-refractivity contribution < 1.29 is 19.1 Å². The number of pyridine rings is 1. The number of hydrogen-bond acceptors (Lipinski definition) is 6. The van der Waals surface area contributed by atoms with Crippen molar-refractivity contribution >= 4 is 45.8 Å². The minimum absolute atomic E-state index is 0.0383. The summed E-state index contributed by atoms with van der Waals surface area (Å²) in [7, 11) is 1.32. The van der Waals surface area contributed by atoms with E-state index in [4.69, 9.17) is 26.7 Å². The first-order valence-electron chi connectivity index (χ1n) is 11.3. The molecular weight excluding hydrogens is 474 g/mol. The average molecular weight is 500 g/mol. The number of hydrogen-bond donors (Lipinski definition) is 2. The minimum Gasteiger partial charge on any atom is -0.491 e. The number of amides is 1. The number of carbonyl (C=O) groups excluding carboxylic acids is 2. The summed E-state index contributed by atoms with van der Waals surface area (Å²) in [5.74, 6) is -0.0701. The molecule has 1 aromatic heterocycles. The van der Waals surface area contributed by atoms with Crippen LogP contribution in [0.25, 0.3) is 22.2 Å². The summed E-state index contributed by atoms with van der Waals surface area (Å²) < 4.78 is 10.5. The second kappa shape index (κ2) is 11.0. The van der Waals surface area contributed by atoms with E-state index in [0.717, 1.165) is 11.3 Å². The number of esters is 1. The van der Waals surface area contributed by atoms with Crippen LogP contribution in [0.5, 0.6) is 5.75 Å². The van der Waals surface area contributed by atoms with Gasteiger partial charge in [-0.25, -0.2) is 9.78 Å².